The first-order chi connectivity index (χ1) is 13.6. The van der Waals surface area contributed by atoms with Gasteiger partial charge < -0.3 is 4.74 Å². The van der Waals surface area contributed by atoms with Crippen LogP contribution in [0.2, 0.25) is 4.34 Å². The number of piperidine rings is 1. The maximum atomic E-state index is 13.3. The summed E-state index contributed by atoms with van der Waals surface area (Å²) in [5, 5.41) is 3.81. The Kier molecular flexibility index (Phi) is 6.62. The van der Waals surface area contributed by atoms with Crippen LogP contribution in [0.5, 0.6) is 0 Å². The van der Waals surface area contributed by atoms with Crippen molar-refractivity contribution in [2.75, 3.05) is 13.1 Å². The summed E-state index contributed by atoms with van der Waals surface area (Å²) in [5.41, 5.74) is 3.92. The van der Waals surface area contributed by atoms with Gasteiger partial charge in [0.15, 0.2) is 0 Å². The second-order valence-corrected chi connectivity index (χ2v) is 10.6. The molecule has 0 unspecified atom stereocenters. The van der Waals surface area contributed by atoms with E-state index < -0.39 is 10.0 Å². The molecule has 0 N–H and O–H groups in total. The molecule has 0 amide bonds. The van der Waals surface area contributed by atoms with Gasteiger partial charge in [-0.2, -0.15) is 4.31 Å². The van der Waals surface area contributed by atoms with Gasteiger partial charge in [0, 0.05) is 24.6 Å². The van der Waals surface area contributed by atoms with Crippen LogP contribution in [0, 0.1) is 33.6 Å². The highest BCUT2D eigenvalue weighted by atomic mass is 35.5. The Morgan fingerprint density at radius 1 is 1.21 bits per heavy atom. The lowest BCUT2D eigenvalue weighted by atomic mass is 9.98. The first-order valence-corrected chi connectivity index (χ1v) is 11.9. The highest BCUT2D eigenvalue weighted by molar-refractivity contribution is 7.89. The number of sulfonamides is 1. The van der Waals surface area contributed by atoms with E-state index in [-0.39, 0.29) is 31.6 Å². The number of carbonyl (C=O) groups is 1. The van der Waals surface area contributed by atoms with Gasteiger partial charge in [-0.25, -0.2) is 8.42 Å². The number of hydrogen-bond donors (Lipinski definition) is 0. The minimum absolute atomic E-state index is 0.0202. The molecular formula is C19H24ClN3O4S2. The molecule has 158 valence electrons. The smallest absolute Gasteiger partial charge is 0.309 e. The van der Waals surface area contributed by atoms with Crippen molar-refractivity contribution in [3.8, 4) is 0 Å². The fourth-order valence-corrected chi connectivity index (χ4v) is 6.22. The van der Waals surface area contributed by atoms with E-state index in [0.29, 0.717) is 27.8 Å². The fraction of sp³-hybridized carbons (Fsp3) is 0.526. The van der Waals surface area contributed by atoms with Crippen molar-refractivity contribution < 1.29 is 17.9 Å². The lowest BCUT2D eigenvalue weighted by Crippen LogP contribution is -2.41. The predicted molar refractivity (Wildman–Crippen MR) is 112 cm³/mol. The van der Waals surface area contributed by atoms with Gasteiger partial charge in [0.25, 0.3) is 0 Å². The van der Waals surface area contributed by atoms with Crippen LogP contribution in [0.15, 0.2) is 11.0 Å². The van der Waals surface area contributed by atoms with E-state index in [1.54, 1.807) is 0 Å². The Labute approximate surface area is 180 Å². The topological polar surface area (TPSA) is 89.5 Å². The average Bonchev–Trinajstić information content (AvgIpc) is 3.09. The van der Waals surface area contributed by atoms with Gasteiger partial charge in [-0.1, -0.05) is 22.2 Å². The molecule has 0 spiro atoms. The number of ether oxygens (including phenoxy) is 1. The Hall–Kier alpha value is -1.55. The summed E-state index contributed by atoms with van der Waals surface area (Å²) in [6.07, 6.45) is 0.841. The Bertz CT molecular complexity index is 1000. The summed E-state index contributed by atoms with van der Waals surface area (Å²) in [7, 11) is -3.62. The Morgan fingerprint density at radius 2 is 1.79 bits per heavy atom. The molecule has 0 bridgehead atoms. The molecule has 1 fully saturated rings. The van der Waals surface area contributed by atoms with Gasteiger partial charge in [-0.3, -0.25) is 4.79 Å². The summed E-state index contributed by atoms with van der Waals surface area (Å²) in [5.74, 6) is -0.696. The van der Waals surface area contributed by atoms with Crippen LogP contribution in [-0.4, -0.2) is 41.4 Å². The molecule has 0 aliphatic carbocycles. The second kappa shape index (κ2) is 8.67. The number of aromatic nitrogens is 2. The summed E-state index contributed by atoms with van der Waals surface area (Å²) < 4.78 is 37.5. The van der Waals surface area contributed by atoms with Gasteiger partial charge in [0.05, 0.1) is 10.8 Å². The molecule has 7 nitrogen and oxygen atoms in total. The quantitative estimate of drug-likeness (QED) is 0.637. The van der Waals surface area contributed by atoms with E-state index in [1.165, 1.54) is 4.31 Å². The van der Waals surface area contributed by atoms with Gasteiger partial charge in [-0.15, -0.1) is 5.10 Å². The van der Waals surface area contributed by atoms with E-state index in [0.717, 1.165) is 33.8 Å². The summed E-state index contributed by atoms with van der Waals surface area (Å²) >= 11 is 6.95. The number of nitrogens with zero attached hydrogens (tertiary/aromatic N) is 3. The maximum Gasteiger partial charge on any atom is 0.309 e. The number of benzene rings is 1. The molecule has 10 heteroatoms. The largest absolute Gasteiger partial charge is 0.459 e. The number of carbonyl (C=O) groups excluding carboxylic acids is 1. The minimum atomic E-state index is -3.62. The van der Waals surface area contributed by atoms with Gasteiger partial charge in [0.2, 0.25) is 10.0 Å². The van der Waals surface area contributed by atoms with Crippen LogP contribution >= 0.6 is 23.1 Å². The molecule has 0 atom stereocenters. The average molecular weight is 458 g/mol. The van der Waals surface area contributed by atoms with E-state index in [1.807, 2.05) is 33.8 Å². The van der Waals surface area contributed by atoms with Crippen LogP contribution in [0.25, 0.3) is 0 Å². The van der Waals surface area contributed by atoms with Gasteiger partial charge in [-0.05, 0) is 62.8 Å². The predicted octanol–water partition coefficient (Wildman–Crippen LogP) is 3.57. The van der Waals surface area contributed by atoms with E-state index in [2.05, 4.69) is 9.59 Å². The minimum Gasteiger partial charge on any atom is -0.459 e. The SMILES string of the molecule is Cc1cc(C)c(C)c(S(=O)(=O)N2CCC(C(=O)OCc3nnsc3Cl)CC2)c1C. The molecule has 3 rings (SSSR count). The zero-order valence-corrected chi connectivity index (χ0v) is 19.2. The molecule has 2 heterocycles. The second-order valence-electron chi connectivity index (χ2n) is 7.37. The van der Waals surface area contributed by atoms with Gasteiger partial charge >= 0.3 is 5.97 Å². The Morgan fingerprint density at radius 3 is 2.31 bits per heavy atom. The van der Waals surface area contributed by atoms with Crippen LogP contribution < -0.4 is 0 Å². The highest BCUT2D eigenvalue weighted by Gasteiger charge is 2.35. The van der Waals surface area contributed by atoms with Crippen molar-refractivity contribution in [2.24, 2.45) is 5.92 Å². The molecule has 1 aromatic heterocycles. The molecule has 0 radical (unpaired) electrons. The van der Waals surface area contributed by atoms with Crippen LogP contribution in [0.1, 0.15) is 40.8 Å². The highest BCUT2D eigenvalue weighted by Crippen LogP contribution is 2.31. The standard InChI is InChI=1S/C19H24ClN3O4S2/c1-11-9-12(2)14(4)17(13(11)3)29(25,26)23-7-5-15(6-8-23)19(24)27-10-16-18(20)28-22-21-16/h9,15H,5-8,10H2,1-4H3. The van der Waals surface area contributed by atoms with Crippen LogP contribution in [-0.2, 0) is 26.2 Å². The van der Waals surface area contributed by atoms with Crippen molar-refractivity contribution in [1.29, 1.82) is 0 Å². The number of halogens is 1. The summed E-state index contributed by atoms with van der Waals surface area (Å²) in [4.78, 5) is 12.7. The lowest BCUT2D eigenvalue weighted by molar-refractivity contribution is -0.151. The molecular weight excluding hydrogens is 434 g/mol. The summed E-state index contributed by atoms with van der Waals surface area (Å²) in [6.45, 7) is 8.09. The van der Waals surface area contributed by atoms with Crippen molar-refractivity contribution in [3.05, 3.63) is 38.4 Å². The molecule has 2 aromatic rings. The first-order valence-electron chi connectivity index (χ1n) is 9.33. The van der Waals surface area contributed by atoms with Crippen molar-refractivity contribution >= 4 is 39.1 Å². The van der Waals surface area contributed by atoms with E-state index in [4.69, 9.17) is 16.3 Å². The fourth-order valence-electron chi connectivity index (χ4n) is 3.57. The molecule has 1 aliphatic rings. The molecule has 1 aliphatic heterocycles. The monoisotopic (exact) mass is 457 g/mol. The maximum absolute atomic E-state index is 13.3. The van der Waals surface area contributed by atoms with Gasteiger partial charge in [0.1, 0.15) is 16.6 Å². The molecule has 29 heavy (non-hydrogen) atoms. The van der Waals surface area contributed by atoms with E-state index in [9.17, 15) is 13.2 Å². The number of rotatable bonds is 5. The third-order valence-corrected chi connectivity index (χ3v) is 8.70. The molecule has 1 saturated heterocycles. The zero-order valence-electron chi connectivity index (χ0n) is 16.9. The van der Waals surface area contributed by atoms with Crippen LogP contribution in [0.4, 0.5) is 0 Å². The van der Waals surface area contributed by atoms with Crippen molar-refractivity contribution in [2.45, 2.75) is 52.0 Å². The van der Waals surface area contributed by atoms with Crippen molar-refractivity contribution in [1.82, 2.24) is 13.9 Å². The lowest BCUT2D eigenvalue weighted by Gasteiger charge is -2.31. The third-order valence-electron chi connectivity index (χ3n) is 5.54. The number of aryl methyl sites for hydroxylation is 2. The number of hydrogen-bond acceptors (Lipinski definition) is 7. The van der Waals surface area contributed by atoms with Crippen LogP contribution in [0.3, 0.4) is 0 Å². The first kappa shape index (κ1) is 22.1. The third kappa shape index (κ3) is 4.47. The molecule has 1 aromatic carbocycles. The molecule has 0 saturated carbocycles. The summed E-state index contributed by atoms with van der Waals surface area (Å²) in [6, 6.07) is 2.01. The van der Waals surface area contributed by atoms with Crippen molar-refractivity contribution in [3.63, 3.8) is 0 Å². The Balaban J connectivity index is 1.67. The number of esters is 1. The zero-order chi connectivity index (χ0) is 21.3. The normalized spacial score (nSPS) is 16.2. The van der Waals surface area contributed by atoms with E-state index >= 15 is 0 Å².